The summed E-state index contributed by atoms with van der Waals surface area (Å²) in [6, 6.07) is 25.2. The number of carbonyl (C=O) groups is 2. The number of nitrogens with zero attached hydrogens (tertiary/aromatic N) is 3. The van der Waals surface area contributed by atoms with Crippen LogP contribution in [-0.4, -0.2) is 48.3 Å². The zero-order chi connectivity index (χ0) is 32.2. The van der Waals surface area contributed by atoms with Gasteiger partial charge < -0.3 is 28.8 Å². The second kappa shape index (κ2) is 13.1. The fourth-order valence-corrected chi connectivity index (χ4v) is 5.57. The molecule has 0 bridgehead atoms. The molecule has 1 saturated carbocycles. The highest BCUT2D eigenvalue weighted by Gasteiger charge is 2.56. The Hall–Kier alpha value is -5.71. The van der Waals surface area contributed by atoms with Crippen LogP contribution >= 0.6 is 0 Å². The van der Waals surface area contributed by atoms with Crippen LogP contribution < -0.4 is 24.3 Å². The second-order valence-corrected chi connectivity index (χ2v) is 10.8. The van der Waals surface area contributed by atoms with Crippen molar-refractivity contribution in [2.45, 2.75) is 30.7 Å². The fraction of sp³-hybridized carbons (Fsp3) is 0.229. The molecule has 1 fully saturated rings. The zero-order valence-electron chi connectivity index (χ0n) is 25.7. The van der Waals surface area contributed by atoms with E-state index in [9.17, 15) is 9.59 Å². The van der Waals surface area contributed by atoms with Gasteiger partial charge in [-0.25, -0.2) is 9.78 Å². The van der Waals surface area contributed by atoms with Crippen molar-refractivity contribution < 1.29 is 33.1 Å². The molecule has 1 amide bonds. The quantitative estimate of drug-likeness (QED) is 0.179. The van der Waals surface area contributed by atoms with E-state index >= 15 is 0 Å². The van der Waals surface area contributed by atoms with E-state index in [4.69, 9.17) is 28.5 Å². The average Bonchev–Trinajstić information content (AvgIpc) is 3.64. The van der Waals surface area contributed by atoms with Crippen LogP contribution in [0.2, 0.25) is 0 Å². The number of hydrogen-bond donors (Lipinski definition) is 1. The number of ether oxygens (including phenoxy) is 4. The number of benzene rings is 3. The Bertz CT molecular complexity index is 1770. The van der Waals surface area contributed by atoms with Crippen molar-refractivity contribution in [2.24, 2.45) is 0 Å². The third-order valence-electron chi connectivity index (χ3n) is 8.01. The number of carbonyl (C=O) groups excluding carboxylic acids is 2. The van der Waals surface area contributed by atoms with Crippen LogP contribution in [0.1, 0.15) is 74.4 Å². The lowest BCUT2D eigenvalue weighted by Gasteiger charge is -2.14. The molecule has 1 aliphatic rings. The lowest BCUT2D eigenvalue weighted by atomic mass is 10.0. The van der Waals surface area contributed by atoms with Gasteiger partial charge in [-0.2, -0.15) is 4.98 Å². The molecule has 0 saturated heterocycles. The van der Waals surface area contributed by atoms with Crippen molar-refractivity contribution in [3.63, 3.8) is 0 Å². The number of esters is 1. The van der Waals surface area contributed by atoms with Gasteiger partial charge in [0.05, 0.1) is 38.9 Å². The summed E-state index contributed by atoms with van der Waals surface area (Å²) in [4.78, 5) is 35.1. The number of rotatable bonds is 11. The van der Waals surface area contributed by atoms with Crippen molar-refractivity contribution in [3.8, 4) is 23.0 Å². The van der Waals surface area contributed by atoms with Gasteiger partial charge >= 0.3 is 5.97 Å². The Balaban J connectivity index is 1.22. The lowest BCUT2D eigenvalue weighted by Crippen LogP contribution is -2.29. The molecular formula is C35H32N4O7. The summed E-state index contributed by atoms with van der Waals surface area (Å²) in [7, 11) is 4.69. The molecule has 46 heavy (non-hydrogen) atoms. The Morgan fingerprint density at radius 2 is 1.39 bits per heavy atom. The molecule has 6 rings (SSSR count). The molecule has 1 N–H and O–H groups in total. The molecule has 2 aromatic heterocycles. The van der Waals surface area contributed by atoms with Gasteiger partial charge in [-0.15, -0.1) is 0 Å². The molecular weight excluding hydrogens is 588 g/mol. The van der Waals surface area contributed by atoms with E-state index < -0.39 is 17.9 Å². The first-order valence-corrected chi connectivity index (χ1v) is 14.6. The number of pyridine rings is 1. The maximum absolute atomic E-state index is 13.4. The Morgan fingerprint density at radius 1 is 0.783 bits per heavy atom. The van der Waals surface area contributed by atoms with Gasteiger partial charge in [0, 0.05) is 24.1 Å². The maximum Gasteiger partial charge on any atom is 0.343 e. The molecule has 3 atom stereocenters. The number of hydrogen-bond acceptors (Lipinski definition) is 10. The van der Waals surface area contributed by atoms with Crippen molar-refractivity contribution in [1.82, 2.24) is 20.4 Å². The molecule has 0 radical (unpaired) electrons. The normalized spacial score (nSPS) is 17.4. The van der Waals surface area contributed by atoms with Crippen LogP contribution in [0.15, 0.2) is 95.6 Å². The molecule has 0 aliphatic heterocycles. The average molecular weight is 621 g/mol. The summed E-state index contributed by atoms with van der Waals surface area (Å²) in [5, 5.41) is 7.05. The van der Waals surface area contributed by atoms with Gasteiger partial charge in [0.25, 0.3) is 5.91 Å². The number of aromatic nitrogens is 3. The van der Waals surface area contributed by atoms with Crippen LogP contribution in [0.3, 0.4) is 0 Å². The fourth-order valence-electron chi connectivity index (χ4n) is 5.57. The van der Waals surface area contributed by atoms with E-state index in [0.29, 0.717) is 17.3 Å². The smallest absolute Gasteiger partial charge is 0.343 e. The molecule has 1 aliphatic carbocycles. The zero-order valence-corrected chi connectivity index (χ0v) is 25.7. The van der Waals surface area contributed by atoms with Crippen LogP contribution in [-0.2, 0) is 0 Å². The largest absolute Gasteiger partial charge is 0.497 e. The van der Waals surface area contributed by atoms with E-state index in [1.807, 2.05) is 48.5 Å². The summed E-state index contributed by atoms with van der Waals surface area (Å²) in [5.74, 6) is 1.26. The first-order chi connectivity index (χ1) is 22.4. The van der Waals surface area contributed by atoms with Crippen LogP contribution in [0.5, 0.6) is 23.0 Å². The highest BCUT2D eigenvalue weighted by Crippen LogP contribution is 2.66. The molecule has 2 heterocycles. The molecule has 5 aromatic rings. The van der Waals surface area contributed by atoms with Crippen LogP contribution in [0.4, 0.5) is 0 Å². The topological polar surface area (TPSA) is 135 Å². The van der Waals surface area contributed by atoms with Crippen molar-refractivity contribution in [1.29, 1.82) is 0 Å². The van der Waals surface area contributed by atoms with Crippen LogP contribution in [0.25, 0.3) is 0 Å². The van der Waals surface area contributed by atoms with E-state index in [-0.39, 0.29) is 34.9 Å². The monoisotopic (exact) mass is 620 g/mol. The highest BCUT2D eigenvalue weighted by molar-refractivity contribution is 5.98. The molecule has 3 aromatic carbocycles. The molecule has 2 unspecified atom stereocenters. The van der Waals surface area contributed by atoms with Crippen LogP contribution in [0, 0.1) is 0 Å². The molecule has 11 heteroatoms. The number of amides is 1. The summed E-state index contributed by atoms with van der Waals surface area (Å²) in [6.45, 7) is 1.73. The first kappa shape index (κ1) is 30.3. The Morgan fingerprint density at radius 3 is 1.96 bits per heavy atom. The number of methoxy groups -OCH3 is 3. The third kappa shape index (κ3) is 6.12. The lowest BCUT2D eigenvalue weighted by molar-refractivity contribution is 0.0725. The minimum atomic E-state index is -0.659. The third-order valence-corrected chi connectivity index (χ3v) is 8.01. The van der Waals surface area contributed by atoms with Gasteiger partial charge in [-0.05, 0) is 54.4 Å². The van der Waals surface area contributed by atoms with Crippen molar-refractivity contribution in [2.75, 3.05) is 21.3 Å². The van der Waals surface area contributed by atoms with Crippen molar-refractivity contribution in [3.05, 3.63) is 125 Å². The molecule has 234 valence electrons. The van der Waals surface area contributed by atoms with E-state index in [0.717, 1.165) is 22.6 Å². The first-order valence-electron chi connectivity index (χ1n) is 14.6. The SMILES string of the molecule is COc1ccc(C2C(c3ccc(OC)cc3)C2c2nc([C@H](C)NC(=O)c3nccc(OC)c3OC(=O)c3ccccc3)no2)cc1. The second-order valence-electron chi connectivity index (χ2n) is 10.8. The highest BCUT2D eigenvalue weighted by atomic mass is 16.6. The predicted octanol–water partition coefficient (Wildman–Crippen LogP) is 5.87. The standard InChI is InChI=1S/C35H32N4O7/c1-20(37-33(40)30-31(26(44-4)18-19-36-30)45-35(41)23-8-6-5-7-9-23)32-38-34(46-39-32)29-27(21-10-14-24(42-2)15-11-21)28(29)22-12-16-25(43-3)17-13-22/h5-20,27-29H,1-4H3,(H,37,40)/t20-,27?,28?,29?/m0/s1. The molecule has 11 nitrogen and oxygen atoms in total. The summed E-state index contributed by atoms with van der Waals surface area (Å²) in [5.41, 5.74) is 2.43. The summed E-state index contributed by atoms with van der Waals surface area (Å²) in [6.07, 6.45) is 1.40. The predicted molar refractivity (Wildman–Crippen MR) is 167 cm³/mol. The van der Waals surface area contributed by atoms with E-state index in [1.165, 1.54) is 19.4 Å². The van der Waals surface area contributed by atoms with Gasteiger partial charge in [0.1, 0.15) is 11.5 Å². The Kier molecular flexibility index (Phi) is 8.64. The number of nitrogens with one attached hydrogen (secondary N) is 1. The van der Waals surface area contributed by atoms with Gasteiger partial charge in [0.2, 0.25) is 11.6 Å². The van der Waals surface area contributed by atoms with Gasteiger partial charge in [0.15, 0.2) is 17.3 Å². The van der Waals surface area contributed by atoms with E-state index in [1.54, 1.807) is 51.5 Å². The molecule has 0 spiro atoms. The summed E-state index contributed by atoms with van der Waals surface area (Å²) >= 11 is 0. The maximum atomic E-state index is 13.4. The van der Waals surface area contributed by atoms with E-state index in [2.05, 4.69) is 15.5 Å². The minimum absolute atomic E-state index is 0.0741. The Labute approximate surface area is 265 Å². The van der Waals surface area contributed by atoms with Gasteiger partial charge in [-0.1, -0.05) is 47.6 Å². The minimum Gasteiger partial charge on any atom is -0.497 e. The summed E-state index contributed by atoms with van der Waals surface area (Å²) < 4.78 is 27.4. The van der Waals surface area contributed by atoms with Crippen molar-refractivity contribution >= 4 is 11.9 Å². The van der Waals surface area contributed by atoms with Gasteiger partial charge in [-0.3, -0.25) is 4.79 Å².